The van der Waals surface area contributed by atoms with Crippen LogP contribution in [0.2, 0.25) is 0 Å². The van der Waals surface area contributed by atoms with Gasteiger partial charge in [0.15, 0.2) is 0 Å². The SMILES string of the molecule is CC(=O)N1CCN(C(=O)C2CC2N)CC1. The first kappa shape index (κ1) is 10.4. The van der Waals surface area contributed by atoms with Crippen molar-refractivity contribution in [1.29, 1.82) is 0 Å². The molecule has 1 heterocycles. The lowest BCUT2D eigenvalue weighted by molar-refractivity contribution is -0.139. The third-order valence-electron chi connectivity index (χ3n) is 3.19. The standard InChI is InChI=1S/C10H17N3O2/c1-7(14)12-2-4-13(5-3-12)10(15)8-6-9(8)11/h8-9H,2-6,11H2,1H3. The summed E-state index contributed by atoms with van der Waals surface area (Å²) in [5.74, 6) is 0.310. The van der Waals surface area contributed by atoms with Crippen molar-refractivity contribution in [3.05, 3.63) is 0 Å². The molecule has 0 bridgehead atoms. The Hall–Kier alpha value is -1.10. The van der Waals surface area contributed by atoms with Gasteiger partial charge >= 0.3 is 0 Å². The molecule has 1 aliphatic carbocycles. The van der Waals surface area contributed by atoms with Gasteiger partial charge in [-0.05, 0) is 6.42 Å². The smallest absolute Gasteiger partial charge is 0.227 e. The number of carbonyl (C=O) groups excluding carboxylic acids is 2. The lowest BCUT2D eigenvalue weighted by atomic mass is 10.2. The molecule has 2 fully saturated rings. The fraction of sp³-hybridized carbons (Fsp3) is 0.800. The highest BCUT2D eigenvalue weighted by atomic mass is 16.2. The molecule has 15 heavy (non-hydrogen) atoms. The van der Waals surface area contributed by atoms with Crippen molar-refractivity contribution >= 4 is 11.8 Å². The molecule has 5 nitrogen and oxygen atoms in total. The molecular weight excluding hydrogens is 194 g/mol. The number of nitrogens with zero attached hydrogens (tertiary/aromatic N) is 2. The number of piperazine rings is 1. The zero-order valence-electron chi connectivity index (χ0n) is 8.98. The molecule has 2 unspecified atom stereocenters. The Labute approximate surface area is 89.2 Å². The van der Waals surface area contributed by atoms with E-state index in [0.29, 0.717) is 26.2 Å². The summed E-state index contributed by atoms with van der Waals surface area (Å²) in [5.41, 5.74) is 5.64. The van der Waals surface area contributed by atoms with Crippen LogP contribution in [0.15, 0.2) is 0 Å². The molecule has 2 atom stereocenters. The highest BCUT2D eigenvalue weighted by molar-refractivity contribution is 5.82. The van der Waals surface area contributed by atoms with E-state index in [1.807, 2.05) is 4.90 Å². The van der Waals surface area contributed by atoms with E-state index in [1.165, 1.54) is 0 Å². The van der Waals surface area contributed by atoms with Crippen LogP contribution in [-0.2, 0) is 9.59 Å². The van der Waals surface area contributed by atoms with E-state index in [1.54, 1.807) is 11.8 Å². The second-order valence-corrected chi connectivity index (χ2v) is 4.34. The van der Waals surface area contributed by atoms with Crippen molar-refractivity contribution in [3.63, 3.8) is 0 Å². The van der Waals surface area contributed by atoms with Crippen LogP contribution in [0.5, 0.6) is 0 Å². The molecule has 0 aromatic carbocycles. The van der Waals surface area contributed by atoms with E-state index in [-0.39, 0.29) is 23.8 Å². The molecular formula is C10H17N3O2. The summed E-state index contributed by atoms with van der Waals surface area (Å²) in [7, 11) is 0. The average molecular weight is 211 g/mol. The Morgan fingerprint density at radius 2 is 1.60 bits per heavy atom. The molecule has 5 heteroatoms. The van der Waals surface area contributed by atoms with Gasteiger partial charge in [-0.25, -0.2) is 0 Å². The minimum absolute atomic E-state index is 0.0499. The fourth-order valence-corrected chi connectivity index (χ4v) is 1.97. The molecule has 0 spiro atoms. The van der Waals surface area contributed by atoms with Crippen molar-refractivity contribution in [2.45, 2.75) is 19.4 Å². The van der Waals surface area contributed by atoms with E-state index in [4.69, 9.17) is 5.73 Å². The molecule has 1 saturated heterocycles. The van der Waals surface area contributed by atoms with Crippen LogP contribution < -0.4 is 5.73 Å². The zero-order chi connectivity index (χ0) is 11.0. The van der Waals surface area contributed by atoms with Crippen molar-refractivity contribution in [1.82, 2.24) is 9.80 Å². The van der Waals surface area contributed by atoms with Crippen LogP contribution in [0.3, 0.4) is 0 Å². The summed E-state index contributed by atoms with van der Waals surface area (Å²) in [6.07, 6.45) is 0.825. The predicted octanol–water partition coefficient (Wildman–Crippen LogP) is -0.976. The van der Waals surface area contributed by atoms with Gasteiger partial charge in [0.25, 0.3) is 0 Å². The molecule has 0 aromatic heterocycles. The van der Waals surface area contributed by atoms with Crippen molar-refractivity contribution in [3.8, 4) is 0 Å². The molecule has 1 saturated carbocycles. The predicted molar refractivity (Wildman–Crippen MR) is 54.9 cm³/mol. The van der Waals surface area contributed by atoms with E-state index < -0.39 is 0 Å². The van der Waals surface area contributed by atoms with Crippen LogP contribution >= 0.6 is 0 Å². The lowest BCUT2D eigenvalue weighted by Gasteiger charge is -2.34. The molecule has 2 N–H and O–H groups in total. The maximum absolute atomic E-state index is 11.8. The largest absolute Gasteiger partial charge is 0.339 e. The highest BCUT2D eigenvalue weighted by Crippen LogP contribution is 2.30. The quantitative estimate of drug-likeness (QED) is 0.606. The number of rotatable bonds is 1. The van der Waals surface area contributed by atoms with Crippen LogP contribution in [0.1, 0.15) is 13.3 Å². The first-order chi connectivity index (χ1) is 7.09. The summed E-state index contributed by atoms with van der Waals surface area (Å²) in [6.45, 7) is 4.18. The van der Waals surface area contributed by atoms with Crippen LogP contribution in [0.4, 0.5) is 0 Å². The Kier molecular flexibility index (Phi) is 2.65. The summed E-state index contributed by atoms with van der Waals surface area (Å²) in [4.78, 5) is 26.5. The van der Waals surface area contributed by atoms with Crippen LogP contribution in [0, 0.1) is 5.92 Å². The first-order valence-electron chi connectivity index (χ1n) is 5.39. The van der Waals surface area contributed by atoms with E-state index >= 15 is 0 Å². The maximum atomic E-state index is 11.8. The third kappa shape index (κ3) is 2.12. The van der Waals surface area contributed by atoms with Crippen molar-refractivity contribution in [2.75, 3.05) is 26.2 Å². The average Bonchev–Trinajstić information content (AvgIpc) is 2.94. The minimum Gasteiger partial charge on any atom is -0.339 e. The Morgan fingerprint density at radius 1 is 1.13 bits per heavy atom. The number of carbonyl (C=O) groups is 2. The van der Waals surface area contributed by atoms with Crippen molar-refractivity contribution < 1.29 is 9.59 Å². The summed E-state index contributed by atoms with van der Waals surface area (Å²) in [5, 5.41) is 0. The fourth-order valence-electron chi connectivity index (χ4n) is 1.97. The van der Waals surface area contributed by atoms with Gasteiger partial charge in [-0.1, -0.05) is 0 Å². The van der Waals surface area contributed by atoms with Gasteiger partial charge in [0.1, 0.15) is 0 Å². The topological polar surface area (TPSA) is 66.6 Å². The van der Waals surface area contributed by atoms with Crippen molar-refractivity contribution in [2.24, 2.45) is 11.7 Å². The molecule has 84 valence electrons. The number of hydrogen-bond acceptors (Lipinski definition) is 3. The van der Waals surface area contributed by atoms with Gasteiger partial charge in [-0.15, -0.1) is 0 Å². The Bertz CT molecular complexity index is 284. The summed E-state index contributed by atoms with van der Waals surface area (Å²) >= 11 is 0. The first-order valence-corrected chi connectivity index (χ1v) is 5.39. The monoisotopic (exact) mass is 211 g/mol. The molecule has 2 rings (SSSR count). The minimum atomic E-state index is 0.0499. The molecule has 1 aliphatic heterocycles. The van der Waals surface area contributed by atoms with Gasteiger partial charge in [-0.3, -0.25) is 9.59 Å². The number of hydrogen-bond donors (Lipinski definition) is 1. The second kappa shape index (κ2) is 3.81. The summed E-state index contributed by atoms with van der Waals surface area (Å²) in [6, 6.07) is 0.0725. The summed E-state index contributed by atoms with van der Waals surface area (Å²) < 4.78 is 0. The molecule has 2 aliphatic rings. The zero-order valence-corrected chi connectivity index (χ0v) is 8.98. The van der Waals surface area contributed by atoms with Crippen LogP contribution in [0.25, 0.3) is 0 Å². The van der Waals surface area contributed by atoms with Gasteiger partial charge < -0.3 is 15.5 Å². The lowest BCUT2D eigenvalue weighted by Crippen LogP contribution is -2.50. The molecule has 2 amide bonds. The third-order valence-corrected chi connectivity index (χ3v) is 3.19. The normalized spacial score (nSPS) is 30.3. The van der Waals surface area contributed by atoms with Gasteiger partial charge in [0, 0.05) is 39.1 Å². The van der Waals surface area contributed by atoms with E-state index in [2.05, 4.69) is 0 Å². The second-order valence-electron chi connectivity index (χ2n) is 4.34. The van der Waals surface area contributed by atoms with Gasteiger partial charge in [0.2, 0.25) is 11.8 Å². The number of nitrogens with two attached hydrogens (primary N) is 1. The highest BCUT2D eigenvalue weighted by Gasteiger charge is 2.42. The van der Waals surface area contributed by atoms with Crippen LogP contribution in [-0.4, -0.2) is 53.8 Å². The number of amides is 2. The maximum Gasteiger partial charge on any atom is 0.227 e. The Morgan fingerprint density at radius 3 is 2.00 bits per heavy atom. The molecule has 0 radical (unpaired) electrons. The van der Waals surface area contributed by atoms with Gasteiger partial charge in [-0.2, -0.15) is 0 Å². The Balaban J connectivity index is 1.83. The van der Waals surface area contributed by atoms with E-state index in [9.17, 15) is 9.59 Å². The van der Waals surface area contributed by atoms with Gasteiger partial charge in [0.05, 0.1) is 5.92 Å². The molecule has 0 aromatic rings. The van der Waals surface area contributed by atoms with E-state index in [0.717, 1.165) is 6.42 Å².